The van der Waals surface area contributed by atoms with E-state index in [0.717, 1.165) is 10.1 Å². The van der Waals surface area contributed by atoms with Gasteiger partial charge in [0.05, 0.1) is 10.7 Å². The molecule has 0 saturated carbocycles. The zero-order valence-electron chi connectivity index (χ0n) is 6.54. The molecule has 13 heavy (non-hydrogen) atoms. The Bertz CT molecular complexity index is 510. The Morgan fingerprint density at radius 1 is 1.46 bits per heavy atom. The first-order valence-electron chi connectivity index (χ1n) is 3.60. The van der Waals surface area contributed by atoms with Crippen LogP contribution in [-0.4, -0.2) is 0 Å². The number of fused-ring (bicyclic) bond motifs is 1. The van der Waals surface area contributed by atoms with Gasteiger partial charge in [-0.2, -0.15) is 5.26 Å². The summed E-state index contributed by atoms with van der Waals surface area (Å²) in [4.78, 5) is 0.531. The van der Waals surface area contributed by atoms with Crippen LogP contribution in [-0.2, 0) is 0 Å². The normalized spacial score (nSPS) is 10.2. The van der Waals surface area contributed by atoms with Gasteiger partial charge in [0.1, 0.15) is 10.9 Å². The number of hydrogen-bond donors (Lipinski definition) is 1. The summed E-state index contributed by atoms with van der Waals surface area (Å²) in [6.45, 7) is 0. The maximum atomic E-state index is 8.75. The summed E-state index contributed by atoms with van der Waals surface area (Å²) >= 11 is 7.32. The van der Waals surface area contributed by atoms with Crippen LogP contribution in [0.15, 0.2) is 18.2 Å². The van der Waals surface area contributed by atoms with Crippen LogP contribution in [0.3, 0.4) is 0 Å². The van der Waals surface area contributed by atoms with E-state index < -0.39 is 0 Å². The van der Waals surface area contributed by atoms with Crippen molar-refractivity contribution in [1.29, 1.82) is 5.26 Å². The van der Waals surface area contributed by atoms with Gasteiger partial charge in [-0.15, -0.1) is 11.3 Å². The number of nitrogen functional groups attached to an aromatic ring is 1. The monoisotopic (exact) mass is 208 g/mol. The second kappa shape index (κ2) is 2.91. The van der Waals surface area contributed by atoms with Gasteiger partial charge < -0.3 is 5.73 Å². The van der Waals surface area contributed by atoms with Crippen LogP contribution < -0.4 is 5.73 Å². The summed E-state index contributed by atoms with van der Waals surface area (Å²) in [7, 11) is 0. The fraction of sp³-hybridized carbons (Fsp3) is 0. The Kier molecular flexibility index (Phi) is 1.87. The van der Waals surface area contributed by atoms with Crippen molar-refractivity contribution in [3.8, 4) is 6.07 Å². The predicted octanol–water partition coefficient (Wildman–Crippen LogP) is 3.01. The molecule has 0 saturated heterocycles. The molecule has 0 fully saturated rings. The lowest BCUT2D eigenvalue weighted by Crippen LogP contribution is -1.84. The van der Waals surface area contributed by atoms with Crippen LogP contribution in [0.5, 0.6) is 0 Å². The van der Waals surface area contributed by atoms with Crippen LogP contribution in [0, 0.1) is 11.3 Å². The summed E-state index contributed by atoms with van der Waals surface area (Å²) < 4.78 is 0.960. The second-order valence-electron chi connectivity index (χ2n) is 2.57. The molecule has 1 heterocycles. The van der Waals surface area contributed by atoms with Crippen molar-refractivity contribution in [2.45, 2.75) is 0 Å². The molecule has 2 N–H and O–H groups in total. The molecule has 0 unspecified atom stereocenters. The van der Waals surface area contributed by atoms with Crippen LogP contribution in [0.25, 0.3) is 10.1 Å². The summed E-state index contributed by atoms with van der Waals surface area (Å²) in [5.74, 6) is 0. The average Bonchev–Trinajstić information content (AvgIpc) is 2.44. The number of anilines is 1. The van der Waals surface area contributed by atoms with E-state index in [1.54, 1.807) is 6.07 Å². The molecule has 2 nitrogen and oxygen atoms in total. The third kappa shape index (κ3) is 1.15. The van der Waals surface area contributed by atoms with Crippen molar-refractivity contribution in [3.05, 3.63) is 28.1 Å². The number of nitriles is 1. The first kappa shape index (κ1) is 8.36. The second-order valence-corrected chi connectivity index (χ2v) is 4.03. The lowest BCUT2D eigenvalue weighted by molar-refractivity contribution is 1.52. The number of benzene rings is 1. The molecule has 4 heteroatoms. The van der Waals surface area contributed by atoms with Crippen molar-refractivity contribution in [2.75, 3.05) is 5.73 Å². The highest BCUT2D eigenvalue weighted by Gasteiger charge is 2.10. The first-order valence-corrected chi connectivity index (χ1v) is 4.80. The van der Waals surface area contributed by atoms with E-state index >= 15 is 0 Å². The molecular weight excluding hydrogens is 204 g/mol. The highest BCUT2D eigenvalue weighted by atomic mass is 35.5. The average molecular weight is 209 g/mol. The summed E-state index contributed by atoms with van der Waals surface area (Å²) in [6, 6.07) is 7.57. The fourth-order valence-electron chi connectivity index (χ4n) is 1.21. The van der Waals surface area contributed by atoms with Gasteiger partial charge in [-0.25, -0.2) is 0 Å². The number of nitrogens with zero attached hydrogens (tertiary/aromatic N) is 1. The molecule has 2 aromatic rings. The molecule has 1 aromatic carbocycles. The van der Waals surface area contributed by atoms with Crippen molar-refractivity contribution in [2.24, 2.45) is 0 Å². The van der Waals surface area contributed by atoms with E-state index in [1.807, 2.05) is 18.2 Å². The van der Waals surface area contributed by atoms with Crippen molar-refractivity contribution in [1.82, 2.24) is 0 Å². The van der Waals surface area contributed by atoms with Gasteiger partial charge >= 0.3 is 0 Å². The van der Waals surface area contributed by atoms with Crippen molar-refractivity contribution in [3.63, 3.8) is 0 Å². The smallest absolute Gasteiger partial charge is 0.129 e. The Balaban J connectivity index is 2.95. The van der Waals surface area contributed by atoms with Crippen LogP contribution in [0.1, 0.15) is 4.88 Å². The SMILES string of the molecule is N#Cc1sc2cccc(Cl)c2c1N. The van der Waals surface area contributed by atoms with Gasteiger partial charge in [0.15, 0.2) is 0 Å². The minimum absolute atomic E-state index is 0.494. The van der Waals surface area contributed by atoms with Crippen LogP contribution in [0.4, 0.5) is 5.69 Å². The minimum atomic E-state index is 0.494. The van der Waals surface area contributed by atoms with Gasteiger partial charge in [-0.05, 0) is 12.1 Å². The van der Waals surface area contributed by atoms with Crippen LogP contribution in [0.2, 0.25) is 5.02 Å². The van der Waals surface area contributed by atoms with E-state index in [2.05, 4.69) is 0 Å². The number of halogens is 1. The maximum absolute atomic E-state index is 8.75. The first-order chi connectivity index (χ1) is 6.24. The van der Waals surface area contributed by atoms with Gasteiger partial charge in [-0.1, -0.05) is 17.7 Å². The minimum Gasteiger partial charge on any atom is -0.396 e. The Morgan fingerprint density at radius 3 is 2.85 bits per heavy atom. The molecule has 0 radical (unpaired) electrons. The van der Waals surface area contributed by atoms with E-state index in [9.17, 15) is 0 Å². The predicted molar refractivity (Wildman–Crippen MR) is 56.0 cm³/mol. The molecule has 2 rings (SSSR count). The van der Waals surface area contributed by atoms with E-state index in [4.69, 9.17) is 22.6 Å². The van der Waals surface area contributed by atoms with Gasteiger partial charge in [0.25, 0.3) is 0 Å². The van der Waals surface area contributed by atoms with Crippen LogP contribution >= 0.6 is 22.9 Å². The highest BCUT2D eigenvalue weighted by Crippen LogP contribution is 2.37. The zero-order chi connectivity index (χ0) is 9.42. The van der Waals surface area contributed by atoms with Gasteiger partial charge in [0, 0.05) is 10.1 Å². The summed E-state index contributed by atoms with van der Waals surface area (Å²) in [5, 5.41) is 10.1. The Morgan fingerprint density at radius 2 is 2.23 bits per heavy atom. The molecule has 0 amide bonds. The molecular formula is C9H5ClN2S. The fourth-order valence-corrected chi connectivity index (χ4v) is 2.49. The molecule has 0 aliphatic carbocycles. The molecule has 0 bridgehead atoms. The quantitative estimate of drug-likeness (QED) is 0.724. The van der Waals surface area contributed by atoms with Crippen molar-refractivity contribution >= 4 is 38.7 Å². The van der Waals surface area contributed by atoms with Crippen molar-refractivity contribution < 1.29 is 0 Å². The Labute approximate surface area is 84.2 Å². The Hall–Kier alpha value is -1.24. The summed E-state index contributed by atoms with van der Waals surface area (Å²) in [6.07, 6.45) is 0. The third-order valence-electron chi connectivity index (χ3n) is 1.80. The lowest BCUT2D eigenvalue weighted by Gasteiger charge is -1.93. The standard InChI is InChI=1S/C9H5ClN2S/c10-5-2-1-3-6-8(5)9(12)7(4-11)13-6/h1-3H,12H2. The number of hydrogen-bond acceptors (Lipinski definition) is 3. The molecule has 1 aromatic heterocycles. The molecule has 0 aliphatic rings. The zero-order valence-corrected chi connectivity index (χ0v) is 8.12. The lowest BCUT2D eigenvalue weighted by atomic mass is 10.2. The summed E-state index contributed by atoms with van der Waals surface area (Å²) in [5.41, 5.74) is 6.25. The van der Waals surface area contributed by atoms with E-state index in [1.165, 1.54) is 11.3 Å². The number of nitrogens with two attached hydrogens (primary N) is 1. The largest absolute Gasteiger partial charge is 0.396 e. The molecule has 0 atom stereocenters. The molecule has 64 valence electrons. The van der Waals surface area contributed by atoms with E-state index in [0.29, 0.717) is 15.6 Å². The number of rotatable bonds is 0. The van der Waals surface area contributed by atoms with Gasteiger partial charge in [0.2, 0.25) is 0 Å². The third-order valence-corrected chi connectivity index (χ3v) is 3.19. The highest BCUT2D eigenvalue weighted by molar-refractivity contribution is 7.20. The van der Waals surface area contributed by atoms with E-state index in [-0.39, 0.29) is 0 Å². The number of thiophene rings is 1. The topological polar surface area (TPSA) is 49.8 Å². The maximum Gasteiger partial charge on any atom is 0.129 e. The molecule has 0 spiro atoms. The molecule has 0 aliphatic heterocycles. The van der Waals surface area contributed by atoms with Gasteiger partial charge in [-0.3, -0.25) is 0 Å².